The van der Waals surface area contributed by atoms with Gasteiger partial charge in [0.05, 0.1) is 6.54 Å². The number of unbranched alkanes of at least 4 members (excludes halogenated alkanes) is 9. The van der Waals surface area contributed by atoms with Gasteiger partial charge >= 0.3 is 0 Å². The van der Waals surface area contributed by atoms with Crippen molar-refractivity contribution in [2.75, 3.05) is 32.7 Å². The van der Waals surface area contributed by atoms with Crippen molar-refractivity contribution in [2.24, 2.45) is 38.8 Å². The van der Waals surface area contributed by atoms with Crippen molar-refractivity contribution in [3.63, 3.8) is 0 Å². The summed E-state index contributed by atoms with van der Waals surface area (Å²) in [6.45, 7) is 8.44. The van der Waals surface area contributed by atoms with Crippen molar-refractivity contribution in [2.45, 2.75) is 129 Å². The van der Waals surface area contributed by atoms with E-state index in [0.717, 1.165) is 51.4 Å². The van der Waals surface area contributed by atoms with Crippen LogP contribution in [-0.2, 0) is 14.4 Å². The van der Waals surface area contributed by atoms with Crippen LogP contribution in [0.25, 0.3) is 0 Å². The van der Waals surface area contributed by atoms with Crippen molar-refractivity contribution < 1.29 is 14.4 Å². The average Bonchev–Trinajstić information content (AvgIpc) is 2.95. The van der Waals surface area contributed by atoms with Crippen LogP contribution in [0, 0.1) is 5.92 Å². The summed E-state index contributed by atoms with van der Waals surface area (Å²) in [5.74, 6) is -0.124. The maximum absolute atomic E-state index is 12.9. The number of carbonyl (C=O) groups is 3. The molecule has 0 aliphatic heterocycles. The molecule has 0 aliphatic rings. The number of nitrogens with one attached hydrogen (secondary N) is 4. The number of nitrogens with zero attached hydrogens (tertiary/aromatic N) is 2. The molecule has 44 heavy (non-hydrogen) atoms. The fourth-order valence-electron chi connectivity index (χ4n) is 4.73. The molecular formula is C31H64N10O3. The van der Waals surface area contributed by atoms with Crippen molar-refractivity contribution in [3.8, 4) is 0 Å². The Morgan fingerprint density at radius 2 is 1.23 bits per heavy atom. The van der Waals surface area contributed by atoms with E-state index in [2.05, 4.69) is 38.2 Å². The quantitative estimate of drug-likeness (QED) is 0.0362. The first-order valence-electron chi connectivity index (χ1n) is 16.7. The Balaban J connectivity index is 4.81. The fourth-order valence-corrected chi connectivity index (χ4v) is 4.73. The minimum atomic E-state index is -0.626. The maximum Gasteiger partial charge on any atom is 0.242 e. The molecule has 0 rings (SSSR count). The number of guanidine groups is 2. The molecule has 0 aromatic rings. The van der Waals surface area contributed by atoms with Crippen molar-refractivity contribution >= 4 is 29.6 Å². The maximum atomic E-state index is 12.9. The van der Waals surface area contributed by atoms with Crippen molar-refractivity contribution in [1.29, 1.82) is 0 Å². The smallest absolute Gasteiger partial charge is 0.242 e. The second kappa shape index (κ2) is 27.5. The zero-order valence-electron chi connectivity index (χ0n) is 27.8. The minimum Gasteiger partial charge on any atom is -0.370 e. The van der Waals surface area contributed by atoms with Gasteiger partial charge in [-0.1, -0.05) is 65.7 Å². The number of carbonyl (C=O) groups excluding carboxylic acids is 3. The molecule has 0 saturated carbocycles. The second-order valence-electron chi connectivity index (χ2n) is 12.0. The summed E-state index contributed by atoms with van der Waals surface area (Å²) in [4.78, 5) is 46.3. The van der Waals surface area contributed by atoms with Gasteiger partial charge in [-0.15, -0.1) is 0 Å². The molecule has 3 amide bonds. The number of amides is 3. The summed E-state index contributed by atoms with van der Waals surface area (Å²) in [6, 6.07) is -0.750. The van der Waals surface area contributed by atoms with Gasteiger partial charge in [-0.2, -0.15) is 0 Å². The van der Waals surface area contributed by atoms with Crippen LogP contribution >= 0.6 is 0 Å². The highest BCUT2D eigenvalue weighted by Gasteiger charge is 2.22. The molecule has 0 spiro atoms. The molecule has 0 aliphatic carbocycles. The van der Waals surface area contributed by atoms with Crippen LogP contribution in [-0.4, -0.2) is 74.4 Å². The summed E-state index contributed by atoms with van der Waals surface area (Å²) in [5, 5.41) is 12.1. The van der Waals surface area contributed by atoms with Gasteiger partial charge in [0.25, 0.3) is 0 Å². The third-order valence-electron chi connectivity index (χ3n) is 7.13. The third-order valence-corrected chi connectivity index (χ3v) is 7.13. The Hall–Kier alpha value is -3.09. The van der Waals surface area contributed by atoms with Gasteiger partial charge in [0.1, 0.15) is 6.04 Å². The molecule has 0 saturated heterocycles. The van der Waals surface area contributed by atoms with E-state index in [-0.39, 0.29) is 48.1 Å². The zero-order chi connectivity index (χ0) is 33.0. The molecule has 0 heterocycles. The predicted molar refractivity (Wildman–Crippen MR) is 181 cm³/mol. The van der Waals surface area contributed by atoms with Crippen LogP contribution in [0.1, 0.15) is 117 Å². The van der Waals surface area contributed by atoms with E-state index in [0.29, 0.717) is 39.0 Å². The highest BCUT2D eigenvalue weighted by Crippen LogP contribution is 2.12. The van der Waals surface area contributed by atoms with Crippen LogP contribution in [0.15, 0.2) is 9.98 Å². The topological polar surface area (TPSA) is 228 Å². The van der Waals surface area contributed by atoms with Crippen LogP contribution in [0.5, 0.6) is 0 Å². The Kier molecular flexibility index (Phi) is 25.5. The monoisotopic (exact) mass is 625 g/mol. The van der Waals surface area contributed by atoms with Crippen molar-refractivity contribution in [1.82, 2.24) is 21.3 Å². The van der Waals surface area contributed by atoms with Gasteiger partial charge in [0, 0.05) is 38.6 Å². The highest BCUT2D eigenvalue weighted by molar-refractivity contribution is 5.88. The largest absolute Gasteiger partial charge is 0.370 e. The molecule has 0 aromatic heterocycles. The van der Waals surface area contributed by atoms with Crippen LogP contribution in [0.2, 0.25) is 0 Å². The summed E-state index contributed by atoms with van der Waals surface area (Å²) in [5.41, 5.74) is 21.3. The molecule has 13 heteroatoms. The predicted octanol–water partition coefficient (Wildman–Crippen LogP) is 1.74. The van der Waals surface area contributed by atoms with E-state index in [4.69, 9.17) is 22.9 Å². The molecule has 0 bridgehead atoms. The number of nitrogens with two attached hydrogens (primary N) is 4. The van der Waals surface area contributed by atoms with Crippen LogP contribution in [0.3, 0.4) is 0 Å². The highest BCUT2D eigenvalue weighted by atomic mass is 16.2. The lowest BCUT2D eigenvalue weighted by molar-refractivity contribution is -0.129. The van der Waals surface area contributed by atoms with E-state index in [1.54, 1.807) is 0 Å². The number of hydrogen-bond acceptors (Lipinski definition) is 6. The lowest BCUT2D eigenvalue weighted by Gasteiger charge is -2.22. The zero-order valence-corrected chi connectivity index (χ0v) is 27.8. The summed E-state index contributed by atoms with van der Waals surface area (Å²) in [6.07, 6.45) is 14.0. The Morgan fingerprint density at radius 3 is 1.84 bits per heavy atom. The normalized spacial score (nSPS) is 12.3. The van der Waals surface area contributed by atoms with Crippen molar-refractivity contribution in [3.05, 3.63) is 0 Å². The molecule has 2 atom stereocenters. The van der Waals surface area contributed by atoms with Gasteiger partial charge < -0.3 is 44.2 Å². The Labute approximate surface area is 266 Å². The molecule has 0 radical (unpaired) electrons. The second-order valence-corrected chi connectivity index (χ2v) is 12.0. The van der Waals surface area contributed by atoms with Crippen LogP contribution in [0.4, 0.5) is 0 Å². The van der Waals surface area contributed by atoms with Gasteiger partial charge in [-0.3, -0.25) is 24.4 Å². The SMILES string of the molecule is CCCCCCCCCC(CC(=O)NCCCCCN=C(N)N)NCC(=O)N[C@@H](CC(C)C)C(=O)NCCCCN=C(N)N. The molecule has 256 valence electrons. The fraction of sp³-hybridized carbons (Fsp3) is 0.839. The van der Waals surface area contributed by atoms with E-state index >= 15 is 0 Å². The minimum absolute atomic E-state index is 0.0352. The van der Waals surface area contributed by atoms with E-state index < -0.39 is 6.04 Å². The summed E-state index contributed by atoms with van der Waals surface area (Å²) >= 11 is 0. The first-order chi connectivity index (χ1) is 21.0. The third kappa shape index (κ3) is 26.5. The van der Waals surface area contributed by atoms with Gasteiger partial charge in [-0.05, 0) is 50.9 Å². The molecule has 0 aromatic carbocycles. The summed E-state index contributed by atoms with van der Waals surface area (Å²) < 4.78 is 0. The Morgan fingerprint density at radius 1 is 0.682 bits per heavy atom. The van der Waals surface area contributed by atoms with Gasteiger partial charge in [0.15, 0.2) is 11.9 Å². The van der Waals surface area contributed by atoms with Gasteiger partial charge in [0.2, 0.25) is 17.7 Å². The summed E-state index contributed by atoms with van der Waals surface area (Å²) in [7, 11) is 0. The standard InChI is InChI=1S/C31H64N10O3/c1-4-5-6-7-8-9-11-16-25(22-27(42)36-17-12-10-13-19-38-30(32)33)40-23-28(43)41-26(21-24(2)3)29(44)37-18-14-15-20-39-31(34)35/h24-26,40H,4-23H2,1-3H3,(H,36,42)(H,37,44)(H,41,43)(H4,32,33,38)(H4,34,35,39)/t25?,26-/m0/s1. The number of aliphatic imine (C=N–C) groups is 2. The lowest BCUT2D eigenvalue weighted by Crippen LogP contribution is -2.50. The van der Waals surface area contributed by atoms with E-state index in [9.17, 15) is 14.4 Å². The van der Waals surface area contributed by atoms with Crippen LogP contribution < -0.4 is 44.2 Å². The first-order valence-corrected chi connectivity index (χ1v) is 16.7. The molecule has 0 fully saturated rings. The number of rotatable bonds is 28. The van der Waals surface area contributed by atoms with E-state index in [1.165, 1.54) is 32.1 Å². The molecule has 1 unspecified atom stereocenters. The van der Waals surface area contributed by atoms with Gasteiger partial charge in [-0.25, -0.2) is 0 Å². The lowest BCUT2D eigenvalue weighted by atomic mass is 10.0. The molecular weight excluding hydrogens is 560 g/mol. The average molecular weight is 625 g/mol. The molecule has 13 nitrogen and oxygen atoms in total. The Bertz CT molecular complexity index is 828. The van der Waals surface area contributed by atoms with E-state index in [1.807, 2.05) is 13.8 Å². The number of hydrogen-bond donors (Lipinski definition) is 8. The molecule has 12 N–H and O–H groups in total. The first kappa shape index (κ1) is 40.9.